The Balaban J connectivity index is 3.90. The maximum atomic E-state index is 6.31. The SMILES string of the molecule is CCC(C)(Cl)CCC(C)C(C)(C)C. The van der Waals surface area contributed by atoms with Crippen molar-refractivity contribution in [3.8, 4) is 0 Å². The molecular formula is C12H25Cl. The molecule has 0 N–H and O–H groups in total. The van der Waals surface area contributed by atoms with Crippen LogP contribution in [0.15, 0.2) is 0 Å². The summed E-state index contributed by atoms with van der Waals surface area (Å²) >= 11 is 6.31. The molecule has 0 heterocycles. The summed E-state index contributed by atoms with van der Waals surface area (Å²) in [7, 11) is 0. The summed E-state index contributed by atoms with van der Waals surface area (Å²) in [6, 6.07) is 0. The molecule has 0 bridgehead atoms. The molecule has 2 atom stereocenters. The molecule has 0 aliphatic heterocycles. The fraction of sp³-hybridized carbons (Fsp3) is 1.00. The Morgan fingerprint density at radius 2 is 1.62 bits per heavy atom. The third kappa shape index (κ3) is 5.57. The highest BCUT2D eigenvalue weighted by molar-refractivity contribution is 6.23. The second-order valence-corrected chi connectivity index (χ2v) is 6.49. The van der Waals surface area contributed by atoms with Gasteiger partial charge in [-0.2, -0.15) is 0 Å². The smallest absolute Gasteiger partial charge is 0.0416 e. The fourth-order valence-electron chi connectivity index (χ4n) is 1.13. The van der Waals surface area contributed by atoms with Crippen LogP contribution in [0, 0.1) is 11.3 Å². The van der Waals surface area contributed by atoms with Crippen LogP contribution in [0.25, 0.3) is 0 Å². The maximum Gasteiger partial charge on any atom is 0.0416 e. The highest BCUT2D eigenvalue weighted by Crippen LogP contribution is 2.33. The first-order valence-electron chi connectivity index (χ1n) is 5.38. The Kier molecular flexibility index (Phi) is 4.79. The van der Waals surface area contributed by atoms with Gasteiger partial charge in [-0.1, -0.05) is 34.6 Å². The summed E-state index contributed by atoms with van der Waals surface area (Å²) in [6.07, 6.45) is 3.42. The minimum atomic E-state index is 0.0134. The van der Waals surface area contributed by atoms with Gasteiger partial charge in [0.1, 0.15) is 0 Å². The number of rotatable bonds is 4. The van der Waals surface area contributed by atoms with Crippen LogP contribution in [0.5, 0.6) is 0 Å². The first-order valence-corrected chi connectivity index (χ1v) is 5.76. The lowest BCUT2D eigenvalue weighted by atomic mass is 9.78. The summed E-state index contributed by atoms with van der Waals surface area (Å²) < 4.78 is 0. The topological polar surface area (TPSA) is 0 Å². The van der Waals surface area contributed by atoms with Crippen LogP contribution in [-0.2, 0) is 0 Å². The van der Waals surface area contributed by atoms with Gasteiger partial charge in [-0.15, -0.1) is 11.6 Å². The van der Waals surface area contributed by atoms with Crippen molar-refractivity contribution in [1.29, 1.82) is 0 Å². The van der Waals surface area contributed by atoms with Gasteiger partial charge in [-0.05, 0) is 37.5 Å². The minimum Gasteiger partial charge on any atom is -0.120 e. The van der Waals surface area contributed by atoms with Crippen LogP contribution >= 0.6 is 11.6 Å². The summed E-state index contributed by atoms with van der Waals surface area (Å²) in [6.45, 7) is 13.5. The summed E-state index contributed by atoms with van der Waals surface area (Å²) in [5, 5.41) is 0. The summed E-state index contributed by atoms with van der Waals surface area (Å²) in [5.41, 5.74) is 0.417. The first-order chi connectivity index (χ1) is 5.69. The Morgan fingerprint density at radius 1 is 1.15 bits per heavy atom. The van der Waals surface area contributed by atoms with E-state index in [4.69, 9.17) is 11.6 Å². The number of alkyl halides is 1. The molecule has 1 heteroatoms. The van der Waals surface area contributed by atoms with Crippen LogP contribution in [-0.4, -0.2) is 4.87 Å². The molecule has 0 aromatic rings. The highest BCUT2D eigenvalue weighted by Gasteiger charge is 2.24. The highest BCUT2D eigenvalue weighted by atomic mass is 35.5. The van der Waals surface area contributed by atoms with E-state index in [1.54, 1.807) is 0 Å². The number of halogens is 1. The van der Waals surface area contributed by atoms with E-state index in [1.807, 2.05) is 0 Å². The van der Waals surface area contributed by atoms with Crippen LogP contribution < -0.4 is 0 Å². The standard InChI is InChI=1S/C12H25Cl/c1-7-12(6,13)9-8-10(2)11(3,4)5/h10H,7-9H2,1-6H3. The number of hydrogen-bond donors (Lipinski definition) is 0. The summed E-state index contributed by atoms with van der Waals surface area (Å²) in [4.78, 5) is 0.0134. The molecule has 80 valence electrons. The van der Waals surface area contributed by atoms with Gasteiger partial charge >= 0.3 is 0 Å². The van der Waals surface area contributed by atoms with Gasteiger partial charge in [0.15, 0.2) is 0 Å². The monoisotopic (exact) mass is 204 g/mol. The molecule has 2 unspecified atom stereocenters. The van der Waals surface area contributed by atoms with E-state index in [0.717, 1.165) is 18.8 Å². The molecule has 0 aliphatic carbocycles. The molecule has 0 fully saturated rings. The average Bonchev–Trinajstić information content (AvgIpc) is 1.98. The molecule has 0 amide bonds. The lowest BCUT2D eigenvalue weighted by Gasteiger charge is -2.30. The second-order valence-electron chi connectivity index (χ2n) is 5.57. The van der Waals surface area contributed by atoms with Crippen molar-refractivity contribution >= 4 is 11.6 Å². The van der Waals surface area contributed by atoms with Crippen LogP contribution in [0.3, 0.4) is 0 Å². The van der Waals surface area contributed by atoms with Gasteiger partial charge < -0.3 is 0 Å². The molecule has 0 aliphatic rings. The van der Waals surface area contributed by atoms with E-state index in [2.05, 4.69) is 41.5 Å². The maximum absolute atomic E-state index is 6.31. The third-order valence-corrected chi connectivity index (χ3v) is 3.77. The Hall–Kier alpha value is 0.290. The van der Waals surface area contributed by atoms with Gasteiger partial charge in [-0.25, -0.2) is 0 Å². The summed E-state index contributed by atoms with van der Waals surface area (Å²) in [5.74, 6) is 0.747. The molecule has 0 aromatic carbocycles. The first kappa shape index (κ1) is 13.3. The van der Waals surface area contributed by atoms with E-state index in [1.165, 1.54) is 6.42 Å². The van der Waals surface area contributed by atoms with Crippen molar-refractivity contribution in [3.05, 3.63) is 0 Å². The zero-order valence-corrected chi connectivity index (χ0v) is 10.8. The van der Waals surface area contributed by atoms with Gasteiger partial charge in [0.2, 0.25) is 0 Å². The van der Waals surface area contributed by atoms with E-state index in [9.17, 15) is 0 Å². The largest absolute Gasteiger partial charge is 0.120 e. The Morgan fingerprint density at radius 3 is 1.92 bits per heavy atom. The Bertz CT molecular complexity index is 142. The van der Waals surface area contributed by atoms with E-state index in [-0.39, 0.29) is 4.87 Å². The van der Waals surface area contributed by atoms with Crippen LogP contribution in [0.1, 0.15) is 60.8 Å². The van der Waals surface area contributed by atoms with Crippen molar-refractivity contribution in [2.45, 2.75) is 65.7 Å². The van der Waals surface area contributed by atoms with Crippen LogP contribution in [0.4, 0.5) is 0 Å². The zero-order chi connectivity index (χ0) is 10.7. The molecule has 0 aromatic heterocycles. The molecule has 0 nitrogen and oxygen atoms in total. The molecule has 0 radical (unpaired) electrons. The second kappa shape index (κ2) is 4.68. The van der Waals surface area contributed by atoms with Crippen LogP contribution in [0.2, 0.25) is 0 Å². The molecule has 0 rings (SSSR count). The Labute approximate surface area is 89.1 Å². The van der Waals surface area contributed by atoms with Gasteiger partial charge in [0, 0.05) is 4.87 Å². The van der Waals surface area contributed by atoms with Gasteiger partial charge in [-0.3, -0.25) is 0 Å². The van der Waals surface area contributed by atoms with Gasteiger partial charge in [0.25, 0.3) is 0 Å². The zero-order valence-electron chi connectivity index (χ0n) is 10.1. The molecule has 0 spiro atoms. The van der Waals surface area contributed by atoms with Crippen molar-refractivity contribution in [2.24, 2.45) is 11.3 Å². The lowest BCUT2D eigenvalue weighted by Crippen LogP contribution is -2.22. The van der Waals surface area contributed by atoms with E-state index >= 15 is 0 Å². The van der Waals surface area contributed by atoms with Gasteiger partial charge in [0.05, 0.1) is 0 Å². The predicted octanol–water partition coefficient (Wildman–Crippen LogP) is 4.86. The fourth-order valence-corrected chi connectivity index (χ4v) is 1.24. The van der Waals surface area contributed by atoms with Crippen molar-refractivity contribution < 1.29 is 0 Å². The van der Waals surface area contributed by atoms with Crippen molar-refractivity contribution in [2.75, 3.05) is 0 Å². The quantitative estimate of drug-likeness (QED) is 0.574. The third-order valence-electron chi connectivity index (χ3n) is 3.31. The predicted molar refractivity (Wildman–Crippen MR) is 62.4 cm³/mol. The van der Waals surface area contributed by atoms with Crippen molar-refractivity contribution in [3.63, 3.8) is 0 Å². The molecule has 13 heavy (non-hydrogen) atoms. The molecule has 0 saturated carbocycles. The minimum absolute atomic E-state index is 0.0134. The van der Waals surface area contributed by atoms with Crippen molar-refractivity contribution in [1.82, 2.24) is 0 Å². The molecular weight excluding hydrogens is 180 g/mol. The van der Waals surface area contributed by atoms with E-state index < -0.39 is 0 Å². The molecule has 0 saturated heterocycles. The average molecular weight is 205 g/mol. The van der Waals surface area contributed by atoms with E-state index in [0.29, 0.717) is 5.41 Å². The number of hydrogen-bond acceptors (Lipinski definition) is 0. The lowest BCUT2D eigenvalue weighted by molar-refractivity contribution is 0.235. The normalized spacial score (nSPS) is 19.6.